The Balaban J connectivity index is 1.84. The maximum Gasteiger partial charge on any atom is 0.328 e. The number of amides is 3. The standard InChI is InChI=1S/C19H16BrClN2O4/c1-23-18(24)15(22-19(23)25)8-12-7-14(20)17(16(9-12)26-2)27-10-11-3-5-13(21)6-4-11/h3-9H,10H2,1-2H3,(H,22,25)/b15-8+. The van der Waals surface area contributed by atoms with Gasteiger partial charge in [0.1, 0.15) is 12.3 Å². The zero-order chi connectivity index (χ0) is 19.6. The minimum Gasteiger partial charge on any atom is -0.493 e. The van der Waals surface area contributed by atoms with Gasteiger partial charge in [-0.3, -0.25) is 9.69 Å². The molecule has 0 aromatic heterocycles. The van der Waals surface area contributed by atoms with Crippen LogP contribution in [0.15, 0.2) is 46.6 Å². The Hall–Kier alpha value is -2.51. The smallest absolute Gasteiger partial charge is 0.328 e. The summed E-state index contributed by atoms with van der Waals surface area (Å²) in [6.07, 6.45) is 1.58. The van der Waals surface area contributed by atoms with Crippen LogP contribution in [0.1, 0.15) is 11.1 Å². The lowest BCUT2D eigenvalue weighted by Crippen LogP contribution is -2.25. The predicted molar refractivity (Wildman–Crippen MR) is 106 cm³/mol. The largest absolute Gasteiger partial charge is 0.493 e. The minimum absolute atomic E-state index is 0.200. The molecule has 0 bridgehead atoms. The van der Waals surface area contributed by atoms with Crippen LogP contribution in [0, 0.1) is 0 Å². The number of methoxy groups -OCH3 is 1. The average Bonchev–Trinajstić information content (AvgIpc) is 2.88. The zero-order valence-corrected chi connectivity index (χ0v) is 16.9. The molecule has 27 heavy (non-hydrogen) atoms. The highest BCUT2D eigenvalue weighted by atomic mass is 79.9. The monoisotopic (exact) mass is 450 g/mol. The van der Waals surface area contributed by atoms with Crippen molar-refractivity contribution in [3.8, 4) is 11.5 Å². The van der Waals surface area contributed by atoms with Gasteiger partial charge in [-0.05, 0) is 57.4 Å². The molecule has 2 aromatic carbocycles. The van der Waals surface area contributed by atoms with Crippen molar-refractivity contribution < 1.29 is 19.1 Å². The molecule has 2 aromatic rings. The molecule has 1 saturated heterocycles. The molecular weight excluding hydrogens is 436 g/mol. The van der Waals surface area contributed by atoms with Gasteiger partial charge in [0.25, 0.3) is 5.91 Å². The molecule has 0 spiro atoms. The molecule has 1 aliphatic rings. The quantitative estimate of drug-likeness (QED) is 0.546. The summed E-state index contributed by atoms with van der Waals surface area (Å²) in [4.78, 5) is 24.6. The van der Waals surface area contributed by atoms with Crippen molar-refractivity contribution in [1.29, 1.82) is 0 Å². The summed E-state index contributed by atoms with van der Waals surface area (Å²) in [5, 5.41) is 3.19. The number of benzene rings is 2. The number of ether oxygens (including phenoxy) is 2. The van der Waals surface area contributed by atoms with Crippen LogP contribution in [0.2, 0.25) is 5.02 Å². The first kappa shape index (κ1) is 19.3. The number of urea groups is 1. The summed E-state index contributed by atoms with van der Waals surface area (Å²) in [6.45, 7) is 0.339. The maximum atomic E-state index is 12.0. The van der Waals surface area contributed by atoms with Crippen molar-refractivity contribution in [3.05, 3.63) is 62.7 Å². The number of carbonyl (C=O) groups excluding carboxylic acids is 2. The van der Waals surface area contributed by atoms with E-state index in [1.807, 2.05) is 12.1 Å². The first-order chi connectivity index (χ1) is 12.9. The Labute approximate surface area is 169 Å². The van der Waals surface area contributed by atoms with E-state index in [4.69, 9.17) is 21.1 Å². The van der Waals surface area contributed by atoms with Gasteiger partial charge >= 0.3 is 6.03 Å². The van der Waals surface area contributed by atoms with Crippen molar-refractivity contribution in [1.82, 2.24) is 10.2 Å². The van der Waals surface area contributed by atoms with Gasteiger partial charge in [-0.2, -0.15) is 0 Å². The number of carbonyl (C=O) groups is 2. The summed E-state index contributed by atoms with van der Waals surface area (Å²) in [6, 6.07) is 10.4. The lowest BCUT2D eigenvalue weighted by Gasteiger charge is -2.14. The van der Waals surface area contributed by atoms with Gasteiger partial charge in [-0.1, -0.05) is 23.7 Å². The third-order valence-electron chi connectivity index (χ3n) is 3.94. The second kappa shape index (κ2) is 8.02. The second-order valence-corrected chi connectivity index (χ2v) is 7.09. The van der Waals surface area contributed by atoms with Gasteiger partial charge in [0.2, 0.25) is 0 Å². The Morgan fingerprint density at radius 2 is 1.93 bits per heavy atom. The number of imide groups is 1. The number of halogens is 2. The van der Waals surface area contributed by atoms with Gasteiger partial charge in [-0.15, -0.1) is 0 Å². The molecule has 3 amide bonds. The van der Waals surface area contributed by atoms with Crippen molar-refractivity contribution in [2.24, 2.45) is 0 Å². The van der Waals surface area contributed by atoms with E-state index in [0.717, 1.165) is 10.5 Å². The number of nitrogens with one attached hydrogen (secondary N) is 1. The second-order valence-electron chi connectivity index (χ2n) is 5.80. The van der Waals surface area contributed by atoms with Gasteiger partial charge in [0.05, 0.1) is 11.6 Å². The Morgan fingerprint density at radius 3 is 2.52 bits per heavy atom. The number of nitrogens with zero attached hydrogens (tertiary/aromatic N) is 1. The fourth-order valence-corrected chi connectivity index (χ4v) is 3.19. The SMILES string of the molecule is COc1cc(/C=C2/NC(=O)N(C)C2=O)cc(Br)c1OCc1ccc(Cl)cc1. The highest BCUT2D eigenvalue weighted by Crippen LogP contribution is 2.38. The van der Waals surface area contributed by atoms with E-state index in [9.17, 15) is 9.59 Å². The van der Waals surface area contributed by atoms with E-state index in [2.05, 4.69) is 21.2 Å². The highest BCUT2D eigenvalue weighted by molar-refractivity contribution is 9.10. The van der Waals surface area contributed by atoms with E-state index in [1.54, 1.807) is 30.3 Å². The predicted octanol–water partition coefficient (Wildman–Crippen LogP) is 4.21. The van der Waals surface area contributed by atoms with Crippen LogP contribution in [0.3, 0.4) is 0 Å². The molecule has 0 radical (unpaired) electrons. The van der Waals surface area contributed by atoms with Crippen molar-refractivity contribution >= 4 is 45.5 Å². The van der Waals surface area contributed by atoms with E-state index in [-0.39, 0.29) is 5.70 Å². The third-order valence-corrected chi connectivity index (χ3v) is 4.78. The van der Waals surface area contributed by atoms with Crippen molar-refractivity contribution in [3.63, 3.8) is 0 Å². The molecule has 6 nitrogen and oxygen atoms in total. The number of likely N-dealkylation sites (N-methyl/N-ethyl adjacent to an activating group) is 1. The van der Waals surface area contributed by atoms with Crippen LogP contribution >= 0.6 is 27.5 Å². The molecule has 0 atom stereocenters. The molecule has 8 heteroatoms. The number of hydrogen-bond donors (Lipinski definition) is 1. The van der Waals surface area contributed by atoms with Crippen LogP contribution < -0.4 is 14.8 Å². The topological polar surface area (TPSA) is 67.9 Å². The van der Waals surface area contributed by atoms with E-state index in [0.29, 0.717) is 33.2 Å². The summed E-state index contributed by atoms with van der Waals surface area (Å²) < 4.78 is 12.0. The normalized spacial score (nSPS) is 15.3. The molecule has 0 aliphatic carbocycles. The lowest BCUT2D eigenvalue weighted by molar-refractivity contribution is -0.121. The van der Waals surface area contributed by atoms with Crippen LogP contribution in [0.5, 0.6) is 11.5 Å². The van der Waals surface area contributed by atoms with E-state index >= 15 is 0 Å². The van der Waals surface area contributed by atoms with Gasteiger partial charge in [0.15, 0.2) is 11.5 Å². The van der Waals surface area contributed by atoms with Gasteiger partial charge < -0.3 is 14.8 Å². The summed E-state index contributed by atoms with van der Waals surface area (Å²) >= 11 is 9.36. The van der Waals surface area contributed by atoms with Crippen LogP contribution in [-0.2, 0) is 11.4 Å². The molecule has 1 fully saturated rings. The summed E-state index contributed by atoms with van der Waals surface area (Å²) in [5.74, 6) is 0.641. The fourth-order valence-electron chi connectivity index (χ4n) is 2.49. The van der Waals surface area contributed by atoms with Crippen LogP contribution in [0.4, 0.5) is 4.79 Å². The molecule has 140 valence electrons. The molecule has 3 rings (SSSR count). The Morgan fingerprint density at radius 1 is 1.22 bits per heavy atom. The first-order valence-corrected chi connectivity index (χ1v) is 9.11. The molecule has 0 unspecified atom stereocenters. The maximum absolute atomic E-state index is 12.0. The summed E-state index contributed by atoms with van der Waals surface area (Å²) in [5.41, 5.74) is 1.84. The molecular formula is C19H16BrClN2O4. The molecule has 0 saturated carbocycles. The minimum atomic E-state index is -0.458. The third kappa shape index (κ3) is 4.26. The Kier molecular flexibility index (Phi) is 5.72. The average molecular weight is 452 g/mol. The number of rotatable bonds is 5. The van der Waals surface area contributed by atoms with Crippen molar-refractivity contribution in [2.75, 3.05) is 14.2 Å². The van der Waals surface area contributed by atoms with Crippen molar-refractivity contribution in [2.45, 2.75) is 6.61 Å². The van der Waals surface area contributed by atoms with Gasteiger partial charge in [-0.25, -0.2) is 4.79 Å². The Bertz CT molecular complexity index is 928. The van der Waals surface area contributed by atoms with E-state index in [1.165, 1.54) is 14.2 Å². The van der Waals surface area contributed by atoms with Crippen LogP contribution in [0.25, 0.3) is 6.08 Å². The lowest BCUT2D eigenvalue weighted by atomic mass is 10.1. The van der Waals surface area contributed by atoms with E-state index < -0.39 is 11.9 Å². The first-order valence-electron chi connectivity index (χ1n) is 7.94. The summed E-state index contributed by atoms with van der Waals surface area (Å²) in [7, 11) is 2.95. The highest BCUT2D eigenvalue weighted by Gasteiger charge is 2.30. The number of hydrogen-bond acceptors (Lipinski definition) is 4. The van der Waals surface area contributed by atoms with Crippen LogP contribution in [-0.4, -0.2) is 31.0 Å². The molecule has 1 heterocycles. The van der Waals surface area contributed by atoms with Gasteiger partial charge in [0, 0.05) is 12.1 Å². The fraction of sp³-hybridized carbons (Fsp3) is 0.158. The zero-order valence-electron chi connectivity index (χ0n) is 14.6. The molecule has 1 aliphatic heterocycles. The molecule has 1 N–H and O–H groups in total.